The first kappa shape index (κ1) is 11.3. The minimum absolute atomic E-state index is 0.193. The number of pyridine rings is 1. The minimum atomic E-state index is -0.193. The van der Waals surface area contributed by atoms with Crippen LogP contribution in [0, 0.1) is 6.92 Å². The van der Waals surface area contributed by atoms with Crippen molar-refractivity contribution in [2.75, 3.05) is 5.32 Å². The van der Waals surface area contributed by atoms with E-state index in [0.717, 1.165) is 12.1 Å². The van der Waals surface area contributed by atoms with Gasteiger partial charge in [-0.25, -0.2) is 4.98 Å². The van der Waals surface area contributed by atoms with Gasteiger partial charge < -0.3 is 5.32 Å². The lowest BCUT2D eigenvalue weighted by Crippen LogP contribution is -2.12. The van der Waals surface area contributed by atoms with Gasteiger partial charge in [-0.05, 0) is 25.5 Å². The predicted molar refractivity (Wildman–Crippen MR) is 64.8 cm³/mol. The molecule has 0 bridgehead atoms. The van der Waals surface area contributed by atoms with Crippen molar-refractivity contribution < 1.29 is 4.79 Å². The monoisotopic (exact) mass is 230 g/mol. The predicted octanol–water partition coefficient (Wildman–Crippen LogP) is 1.86. The largest absolute Gasteiger partial charge is 0.306 e. The Balaban J connectivity index is 2.08. The summed E-state index contributed by atoms with van der Waals surface area (Å²) in [5.41, 5.74) is 1.59. The van der Waals surface area contributed by atoms with E-state index in [1.54, 1.807) is 29.3 Å². The van der Waals surface area contributed by atoms with Crippen molar-refractivity contribution in [3.63, 3.8) is 0 Å². The molecule has 88 valence electrons. The Bertz CT molecular complexity index is 516. The Morgan fingerprint density at radius 3 is 2.82 bits per heavy atom. The molecule has 0 radical (unpaired) electrons. The first-order valence-electron chi connectivity index (χ1n) is 5.45. The summed E-state index contributed by atoms with van der Waals surface area (Å²) < 4.78 is 1.71. The zero-order valence-electron chi connectivity index (χ0n) is 9.84. The highest BCUT2D eigenvalue weighted by molar-refractivity contribution is 6.03. The summed E-state index contributed by atoms with van der Waals surface area (Å²) in [6, 6.07) is 3.68. The molecule has 0 aliphatic carbocycles. The zero-order chi connectivity index (χ0) is 12.3. The van der Waals surface area contributed by atoms with Crippen LogP contribution in [-0.2, 0) is 6.54 Å². The van der Waals surface area contributed by atoms with Gasteiger partial charge in [0.1, 0.15) is 5.82 Å². The van der Waals surface area contributed by atoms with Crippen LogP contribution in [0.1, 0.15) is 22.8 Å². The second-order valence-electron chi connectivity index (χ2n) is 3.76. The number of hydrogen-bond acceptors (Lipinski definition) is 3. The zero-order valence-corrected chi connectivity index (χ0v) is 9.84. The van der Waals surface area contributed by atoms with Gasteiger partial charge >= 0.3 is 0 Å². The van der Waals surface area contributed by atoms with Gasteiger partial charge in [0.15, 0.2) is 0 Å². The summed E-state index contributed by atoms with van der Waals surface area (Å²) in [4.78, 5) is 15.9. The van der Waals surface area contributed by atoms with Crippen LogP contribution < -0.4 is 5.32 Å². The number of aryl methyl sites for hydroxylation is 2. The van der Waals surface area contributed by atoms with Crippen LogP contribution in [0.25, 0.3) is 0 Å². The number of aromatic nitrogens is 3. The van der Waals surface area contributed by atoms with Crippen LogP contribution in [-0.4, -0.2) is 20.7 Å². The average molecular weight is 230 g/mol. The smallest absolute Gasteiger partial charge is 0.260 e. The van der Waals surface area contributed by atoms with Crippen molar-refractivity contribution in [2.45, 2.75) is 20.4 Å². The van der Waals surface area contributed by atoms with E-state index in [9.17, 15) is 4.79 Å². The molecule has 0 atom stereocenters. The highest BCUT2D eigenvalue weighted by atomic mass is 16.1. The summed E-state index contributed by atoms with van der Waals surface area (Å²) in [5, 5.41) is 6.77. The summed E-state index contributed by atoms with van der Waals surface area (Å²) in [6.07, 6.45) is 4.97. The number of carbonyl (C=O) groups is 1. The topological polar surface area (TPSA) is 59.8 Å². The molecule has 2 heterocycles. The Kier molecular flexibility index (Phi) is 3.18. The second kappa shape index (κ2) is 4.78. The lowest BCUT2D eigenvalue weighted by Gasteiger charge is -2.02. The molecule has 0 aliphatic heterocycles. The molecule has 2 aromatic heterocycles. The molecule has 0 aromatic carbocycles. The summed E-state index contributed by atoms with van der Waals surface area (Å²) in [7, 11) is 0. The molecule has 0 unspecified atom stereocenters. The van der Waals surface area contributed by atoms with Gasteiger partial charge in [-0.1, -0.05) is 6.07 Å². The van der Waals surface area contributed by atoms with Gasteiger partial charge in [0, 0.05) is 18.9 Å². The molecule has 0 saturated heterocycles. The third-order valence-corrected chi connectivity index (χ3v) is 2.37. The van der Waals surface area contributed by atoms with E-state index in [0.29, 0.717) is 11.4 Å². The Labute approximate surface area is 99.5 Å². The van der Waals surface area contributed by atoms with Crippen LogP contribution in [0.3, 0.4) is 0 Å². The maximum Gasteiger partial charge on any atom is 0.260 e. The molecule has 5 nitrogen and oxygen atoms in total. The van der Waals surface area contributed by atoms with Crippen molar-refractivity contribution in [1.82, 2.24) is 14.8 Å². The molecule has 2 rings (SSSR count). The molecule has 0 spiro atoms. The number of nitrogens with zero attached hydrogens (tertiary/aromatic N) is 3. The van der Waals surface area contributed by atoms with Gasteiger partial charge in [-0.3, -0.25) is 9.48 Å². The lowest BCUT2D eigenvalue weighted by molar-refractivity contribution is 0.102. The molecule has 17 heavy (non-hydrogen) atoms. The van der Waals surface area contributed by atoms with Crippen molar-refractivity contribution in [1.29, 1.82) is 0 Å². The van der Waals surface area contributed by atoms with Crippen LogP contribution in [0.5, 0.6) is 0 Å². The third kappa shape index (κ3) is 2.69. The van der Waals surface area contributed by atoms with Gasteiger partial charge in [0.25, 0.3) is 5.91 Å². The highest BCUT2D eigenvalue weighted by Gasteiger charge is 2.08. The van der Waals surface area contributed by atoms with E-state index < -0.39 is 0 Å². The Hall–Kier alpha value is -2.17. The standard InChI is InChI=1S/C12H14N4O/c1-3-16-8-10(7-14-16)12(17)15-11-5-4-9(2)6-13-11/h4-8H,3H2,1-2H3,(H,13,15,17). The Morgan fingerprint density at radius 1 is 1.41 bits per heavy atom. The van der Waals surface area contributed by atoms with Crippen molar-refractivity contribution >= 4 is 11.7 Å². The lowest BCUT2D eigenvalue weighted by atomic mass is 10.3. The fraction of sp³-hybridized carbons (Fsp3) is 0.250. The molecular weight excluding hydrogens is 216 g/mol. The number of hydrogen-bond donors (Lipinski definition) is 1. The SMILES string of the molecule is CCn1cc(C(=O)Nc2ccc(C)cn2)cn1. The Morgan fingerprint density at radius 2 is 2.24 bits per heavy atom. The first-order chi connectivity index (χ1) is 8.19. The fourth-order valence-electron chi connectivity index (χ4n) is 1.38. The summed E-state index contributed by atoms with van der Waals surface area (Å²) in [5.74, 6) is 0.353. The van der Waals surface area contributed by atoms with Crippen molar-refractivity contribution in [3.8, 4) is 0 Å². The normalized spacial score (nSPS) is 10.2. The maximum absolute atomic E-state index is 11.8. The quantitative estimate of drug-likeness (QED) is 0.875. The number of carbonyl (C=O) groups excluding carboxylic acids is 1. The number of nitrogens with one attached hydrogen (secondary N) is 1. The van der Waals surface area contributed by atoms with E-state index >= 15 is 0 Å². The van der Waals surface area contributed by atoms with Crippen LogP contribution in [0.15, 0.2) is 30.7 Å². The third-order valence-electron chi connectivity index (χ3n) is 2.37. The van der Waals surface area contributed by atoms with E-state index in [1.165, 1.54) is 0 Å². The molecule has 0 saturated carbocycles. The maximum atomic E-state index is 11.8. The molecule has 2 aromatic rings. The van der Waals surface area contributed by atoms with Gasteiger partial charge in [0.05, 0.1) is 11.8 Å². The van der Waals surface area contributed by atoms with Crippen molar-refractivity contribution in [3.05, 3.63) is 41.9 Å². The molecule has 0 fully saturated rings. The van der Waals surface area contributed by atoms with E-state index in [4.69, 9.17) is 0 Å². The average Bonchev–Trinajstić information content (AvgIpc) is 2.81. The molecule has 1 N–H and O–H groups in total. The van der Waals surface area contributed by atoms with Crippen LogP contribution in [0.4, 0.5) is 5.82 Å². The fourth-order valence-corrected chi connectivity index (χ4v) is 1.38. The van der Waals surface area contributed by atoms with Crippen LogP contribution in [0.2, 0.25) is 0 Å². The number of amides is 1. The van der Waals surface area contributed by atoms with Crippen LogP contribution >= 0.6 is 0 Å². The second-order valence-corrected chi connectivity index (χ2v) is 3.76. The number of rotatable bonds is 3. The van der Waals surface area contributed by atoms with Gasteiger partial charge in [-0.15, -0.1) is 0 Å². The molecular formula is C12H14N4O. The molecule has 1 amide bonds. The first-order valence-corrected chi connectivity index (χ1v) is 5.45. The van der Waals surface area contributed by atoms with Gasteiger partial charge in [0.2, 0.25) is 0 Å². The van der Waals surface area contributed by atoms with E-state index in [1.807, 2.05) is 19.9 Å². The van der Waals surface area contributed by atoms with E-state index in [2.05, 4.69) is 15.4 Å². The van der Waals surface area contributed by atoms with Gasteiger partial charge in [-0.2, -0.15) is 5.10 Å². The highest BCUT2D eigenvalue weighted by Crippen LogP contribution is 2.06. The number of anilines is 1. The summed E-state index contributed by atoms with van der Waals surface area (Å²) in [6.45, 7) is 4.66. The van der Waals surface area contributed by atoms with Crippen molar-refractivity contribution in [2.24, 2.45) is 0 Å². The van der Waals surface area contributed by atoms with E-state index in [-0.39, 0.29) is 5.91 Å². The minimum Gasteiger partial charge on any atom is -0.306 e. The molecule has 0 aliphatic rings. The molecule has 5 heteroatoms. The summed E-state index contributed by atoms with van der Waals surface area (Å²) >= 11 is 0.